The number of fused-ring (bicyclic) bond motifs is 1. The Hall–Kier alpha value is -1.35. The van der Waals surface area contributed by atoms with E-state index in [9.17, 15) is 4.79 Å². The van der Waals surface area contributed by atoms with Crippen molar-refractivity contribution in [3.05, 3.63) is 34.9 Å². The molecular formula is C12H16N2O. The number of amides is 1. The fourth-order valence-electron chi connectivity index (χ4n) is 1.88. The Labute approximate surface area is 89.9 Å². The highest BCUT2D eigenvalue weighted by molar-refractivity contribution is 5.94. The van der Waals surface area contributed by atoms with Gasteiger partial charge in [0.1, 0.15) is 0 Å². The number of benzene rings is 1. The van der Waals surface area contributed by atoms with E-state index in [4.69, 9.17) is 0 Å². The maximum Gasteiger partial charge on any atom is 0.251 e. The van der Waals surface area contributed by atoms with Gasteiger partial charge in [-0.2, -0.15) is 0 Å². The summed E-state index contributed by atoms with van der Waals surface area (Å²) >= 11 is 0. The van der Waals surface area contributed by atoms with Crippen molar-refractivity contribution in [2.45, 2.75) is 19.9 Å². The molecule has 15 heavy (non-hydrogen) atoms. The molecule has 1 amide bonds. The van der Waals surface area contributed by atoms with Crippen molar-refractivity contribution in [2.24, 2.45) is 0 Å². The third-order valence-electron chi connectivity index (χ3n) is 2.69. The molecule has 0 spiro atoms. The topological polar surface area (TPSA) is 41.1 Å². The van der Waals surface area contributed by atoms with Gasteiger partial charge in [-0.15, -0.1) is 0 Å². The van der Waals surface area contributed by atoms with Gasteiger partial charge in [-0.25, -0.2) is 0 Å². The molecule has 0 aromatic heterocycles. The maximum absolute atomic E-state index is 11.6. The highest BCUT2D eigenvalue weighted by Crippen LogP contribution is 2.15. The number of carbonyl (C=O) groups excluding carboxylic acids is 1. The van der Waals surface area contributed by atoms with Crippen LogP contribution in [0, 0.1) is 0 Å². The number of carbonyl (C=O) groups is 1. The zero-order valence-electron chi connectivity index (χ0n) is 8.97. The van der Waals surface area contributed by atoms with Crippen LogP contribution >= 0.6 is 0 Å². The lowest BCUT2D eigenvalue weighted by Crippen LogP contribution is -2.26. The fourth-order valence-corrected chi connectivity index (χ4v) is 1.88. The largest absolute Gasteiger partial charge is 0.352 e. The summed E-state index contributed by atoms with van der Waals surface area (Å²) in [4.78, 5) is 11.6. The Bertz CT molecular complexity index is 374. The molecule has 1 aromatic carbocycles. The molecule has 0 fully saturated rings. The van der Waals surface area contributed by atoms with Crippen LogP contribution in [0.2, 0.25) is 0 Å². The highest BCUT2D eigenvalue weighted by atomic mass is 16.1. The van der Waals surface area contributed by atoms with Gasteiger partial charge in [-0.1, -0.05) is 6.07 Å². The first-order valence-corrected chi connectivity index (χ1v) is 5.42. The molecule has 1 heterocycles. The molecule has 3 heteroatoms. The zero-order chi connectivity index (χ0) is 10.7. The number of hydrogen-bond donors (Lipinski definition) is 2. The summed E-state index contributed by atoms with van der Waals surface area (Å²) < 4.78 is 0. The summed E-state index contributed by atoms with van der Waals surface area (Å²) in [6, 6.07) is 5.97. The minimum atomic E-state index is 0.0193. The van der Waals surface area contributed by atoms with E-state index in [0.717, 1.165) is 25.1 Å². The van der Waals surface area contributed by atoms with Crippen molar-refractivity contribution in [1.29, 1.82) is 0 Å². The Balaban J connectivity index is 2.24. The van der Waals surface area contributed by atoms with E-state index >= 15 is 0 Å². The average molecular weight is 204 g/mol. The molecule has 0 bridgehead atoms. The standard InChI is InChI=1S/C12H16N2O/c1-2-14-12(15)10-4-3-9-5-6-13-8-11(9)7-10/h3-4,7,13H,2,5-6,8H2,1H3,(H,14,15). The lowest BCUT2D eigenvalue weighted by atomic mass is 9.98. The van der Waals surface area contributed by atoms with Crippen LogP contribution in [0.3, 0.4) is 0 Å². The third kappa shape index (κ3) is 2.18. The van der Waals surface area contributed by atoms with Gasteiger partial charge >= 0.3 is 0 Å². The van der Waals surface area contributed by atoms with Crippen molar-refractivity contribution in [2.75, 3.05) is 13.1 Å². The van der Waals surface area contributed by atoms with Crippen molar-refractivity contribution in [1.82, 2.24) is 10.6 Å². The quantitative estimate of drug-likeness (QED) is 0.757. The molecule has 80 valence electrons. The Kier molecular flexibility index (Phi) is 3.02. The lowest BCUT2D eigenvalue weighted by molar-refractivity contribution is 0.0955. The second-order valence-corrected chi connectivity index (χ2v) is 3.77. The lowest BCUT2D eigenvalue weighted by Gasteiger charge is -2.17. The SMILES string of the molecule is CCNC(=O)c1ccc2c(c1)CNCC2. The Morgan fingerprint density at radius 2 is 2.33 bits per heavy atom. The summed E-state index contributed by atoms with van der Waals surface area (Å²) in [6.45, 7) is 4.52. The minimum Gasteiger partial charge on any atom is -0.352 e. The number of nitrogens with one attached hydrogen (secondary N) is 2. The van der Waals surface area contributed by atoms with E-state index in [0.29, 0.717) is 6.54 Å². The van der Waals surface area contributed by atoms with E-state index < -0.39 is 0 Å². The van der Waals surface area contributed by atoms with Crippen molar-refractivity contribution in [3.63, 3.8) is 0 Å². The summed E-state index contributed by atoms with van der Waals surface area (Å²) in [5.41, 5.74) is 3.38. The number of rotatable bonds is 2. The minimum absolute atomic E-state index is 0.0193. The second kappa shape index (κ2) is 4.45. The molecule has 0 saturated heterocycles. The van der Waals surface area contributed by atoms with Crippen LogP contribution < -0.4 is 10.6 Å². The smallest absolute Gasteiger partial charge is 0.251 e. The van der Waals surface area contributed by atoms with Crippen molar-refractivity contribution >= 4 is 5.91 Å². The van der Waals surface area contributed by atoms with Crippen LogP contribution in [-0.2, 0) is 13.0 Å². The average Bonchev–Trinajstić information content (AvgIpc) is 2.29. The van der Waals surface area contributed by atoms with E-state index in [2.05, 4.69) is 16.7 Å². The van der Waals surface area contributed by atoms with Crippen LogP contribution in [0.1, 0.15) is 28.4 Å². The third-order valence-corrected chi connectivity index (χ3v) is 2.69. The molecule has 1 aliphatic heterocycles. The van der Waals surface area contributed by atoms with Crippen LogP contribution in [-0.4, -0.2) is 19.0 Å². The zero-order valence-corrected chi connectivity index (χ0v) is 8.97. The van der Waals surface area contributed by atoms with Gasteiger partial charge in [0.25, 0.3) is 5.91 Å². The van der Waals surface area contributed by atoms with Crippen molar-refractivity contribution < 1.29 is 4.79 Å². The van der Waals surface area contributed by atoms with Gasteiger partial charge < -0.3 is 10.6 Å². The second-order valence-electron chi connectivity index (χ2n) is 3.77. The van der Waals surface area contributed by atoms with Gasteiger partial charge in [-0.3, -0.25) is 4.79 Å². The van der Waals surface area contributed by atoms with E-state index in [-0.39, 0.29) is 5.91 Å². The first kappa shape index (κ1) is 10.2. The van der Waals surface area contributed by atoms with E-state index in [1.807, 2.05) is 19.1 Å². The summed E-state index contributed by atoms with van der Waals surface area (Å²) in [5.74, 6) is 0.0193. The fraction of sp³-hybridized carbons (Fsp3) is 0.417. The molecular weight excluding hydrogens is 188 g/mol. The molecule has 1 aromatic rings. The molecule has 2 N–H and O–H groups in total. The van der Waals surface area contributed by atoms with Crippen LogP contribution in [0.4, 0.5) is 0 Å². The molecule has 0 saturated carbocycles. The molecule has 1 aliphatic rings. The predicted molar refractivity (Wildman–Crippen MR) is 59.9 cm³/mol. The van der Waals surface area contributed by atoms with E-state index in [1.165, 1.54) is 11.1 Å². The molecule has 0 unspecified atom stereocenters. The molecule has 0 aliphatic carbocycles. The maximum atomic E-state index is 11.6. The monoisotopic (exact) mass is 204 g/mol. The van der Waals surface area contributed by atoms with Gasteiger partial charge in [0, 0.05) is 18.7 Å². The van der Waals surface area contributed by atoms with Gasteiger partial charge in [-0.05, 0) is 43.1 Å². The van der Waals surface area contributed by atoms with Crippen LogP contribution in [0.15, 0.2) is 18.2 Å². The van der Waals surface area contributed by atoms with Gasteiger partial charge in [0.05, 0.1) is 0 Å². The summed E-state index contributed by atoms with van der Waals surface area (Å²) in [5, 5.41) is 6.12. The predicted octanol–water partition coefficient (Wildman–Crippen LogP) is 1.08. The molecule has 0 radical (unpaired) electrons. The Morgan fingerprint density at radius 1 is 1.47 bits per heavy atom. The first-order valence-electron chi connectivity index (χ1n) is 5.42. The highest BCUT2D eigenvalue weighted by Gasteiger charge is 2.11. The number of hydrogen-bond acceptors (Lipinski definition) is 2. The van der Waals surface area contributed by atoms with Gasteiger partial charge in [0.2, 0.25) is 0 Å². The Morgan fingerprint density at radius 3 is 3.13 bits per heavy atom. The summed E-state index contributed by atoms with van der Waals surface area (Å²) in [7, 11) is 0. The summed E-state index contributed by atoms with van der Waals surface area (Å²) in [6.07, 6.45) is 1.06. The van der Waals surface area contributed by atoms with Gasteiger partial charge in [0.15, 0.2) is 0 Å². The van der Waals surface area contributed by atoms with E-state index in [1.54, 1.807) is 0 Å². The van der Waals surface area contributed by atoms with Crippen LogP contribution in [0.5, 0.6) is 0 Å². The molecule has 2 rings (SSSR count). The molecule has 0 atom stereocenters. The molecule has 3 nitrogen and oxygen atoms in total. The van der Waals surface area contributed by atoms with Crippen LogP contribution in [0.25, 0.3) is 0 Å². The normalized spacial score (nSPS) is 14.5. The first-order chi connectivity index (χ1) is 7.31. The van der Waals surface area contributed by atoms with Crippen molar-refractivity contribution in [3.8, 4) is 0 Å².